The number of carbonyl (C=O) groups is 2. The molecule has 0 fully saturated rings. The second-order valence-electron chi connectivity index (χ2n) is 13.7. The zero-order valence-corrected chi connectivity index (χ0v) is 31.0. The third kappa shape index (κ3) is 23.1. The van der Waals surface area contributed by atoms with Crippen LogP contribution in [0.2, 0.25) is 0 Å². The highest BCUT2D eigenvalue weighted by molar-refractivity contribution is 6.11. The summed E-state index contributed by atoms with van der Waals surface area (Å²) in [6, 6.07) is 0. The van der Waals surface area contributed by atoms with E-state index in [1.807, 2.05) is 0 Å². The highest BCUT2D eigenvalue weighted by Gasteiger charge is 2.46. The van der Waals surface area contributed by atoms with Gasteiger partial charge in [0.25, 0.3) is 0 Å². The molecule has 0 aliphatic rings. The minimum Gasteiger partial charge on any atom is -0.395 e. The van der Waals surface area contributed by atoms with Crippen molar-refractivity contribution in [2.24, 2.45) is 5.73 Å². The molecule has 0 aromatic rings. The maximum atomic E-state index is 13.5. The van der Waals surface area contributed by atoms with Gasteiger partial charge >= 0.3 is 0 Å². The van der Waals surface area contributed by atoms with Crippen molar-refractivity contribution >= 4 is 11.6 Å². The normalized spacial score (nSPS) is 12.3. The van der Waals surface area contributed by atoms with Crippen molar-refractivity contribution < 1.29 is 14.7 Å². The number of Topliss-reactive ketones (excluding diaryl/α,β-unsaturated/α-hetero) is 2. The van der Waals surface area contributed by atoms with Gasteiger partial charge in [0.05, 0.1) is 6.61 Å². The van der Waals surface area contributed by atoms with E-state index in [9.17, 15) is 14.7 Å². The van der Waals surface area contributed by atoms with Crippen LogP contribution in [-0.2, 0) is 9.59 Å². The van der Waals surface area contributed by atoms with E-state index < -0.39 is 5.54 Å². The first-order chi connectivity index (χ1) is 22.5. The largest absolute Gasteiger partial charge is 0.395 e. The van der Waals surface area contributed by atoms with Crippen molar-refractivity contribution in [3.8, 4) is 0 Å². The summed E-state index contributed by atoms with van der Waals surface area (Å²) in [4.78, 5) is 28.7. The van der Waals surface area contributed by atoms with Crippen LogP contribution in [0.25, 0.3) is 0 Å². The second kappa shape index (κ2) is 33.6. The molecule has 5 nitrogen and oxygen atoms in total. The average Bonchev–Trinajstić information content (AvgIpc) is 3.05. The minimum atomic E-state index is -1.30. The lowest BCUT2D eigenvalue weighted by molar-refractivity contribution is -0.143. The van der Waals surface area contributed by atoms with Crippen LogP contribution < -0.4 is 5.73 Å². The van der Waals surface area contributed by atoms with Gasteiger partial charge in [0.2, 0.25) is 0 Å². The number of unbranched alkanes of at least 4 members (excludes halogenated alkanes) is 22. The van der Waals surface area contributed by atoms with E-state index in [4.69, 9.17) is 5.73 Å². The molecule has 0 saturated heterocycles. The SMILES string of the molecule is CCCCCCCC/C=C\CCCCCCCC(=O)C(CN)(C(=O)CCCCCCC/C=C\CCCCCCCC)N(C)CCO. The van der Waals surface area contributed by atoms with Crippen molar-refractivity contribution in [3.63, 3.8) is 0 Å². The molecule has 270 valence electrons. The summed E-state index contributed by atoms with van der Waals surface area (Å²) in [6.07, 6.45) is 41.6. The topological polar surface area (TPSA) is 83.6 Å². The number of aliphatic hydroxyl groups excluding tert-OH is 1. The number of β-amino-alcohol motifs (C(OH)–C–C–N with tert-alkyl or cyclic N) is 1. The first kappa shape index (κ1) is 44.7. The van der Waals surface area contributed by atoms with Gasteiger partial charge < -0.3 is 10.8 Å². The first-order valence-electron chi connectivity index (χ1n) is 19.9. The maximum Gasteiger partial charge on any atom is 0.161 e. The number of rotatable bonds is 36. The number of carbonyl (C=O) groups excluding carboxylic acids is 2. The third-order valence-electron chi connectivity index (χ3n) is 9.64. The van der Waals surface area contributed by atoms with Crippen LogP contribution in [-0.4, -0.2) is 53.9 Å². The number of nitrogens with zero attached hydrogens (tertiary/aromatic N) is 1. The molecule has 46 heavy (non-hydrogen) atoms. The summed E-state index contributed by atoms with van der Waals surface area (Å²) in [5, 5.41) is 9.58. The van der Waals surface area contributed by atoms with Gasteiger partial charge in [-0.25, -0.2) is 0 Å². The molecule has 0 bridgehead atoms. The maximum absolute atomic E-state index is 13.5. The van der Waals surface area contributed by atoms with Gasteiger partial charge in [0, 0.05) is 25.9 Å². The Hall–Kier alpha value is -1.30. The Kier molecular flexibility index (Phi) is 32.6. The fourth-order valence-corrected chi connectivity index (χ4v) is 6.43. The molecule has 0 atom stereocenters. The van der Waals surface area contributed by atoms with Crippen LogP contribution in [0.4, 0.5) is 0 Å². The number of hydrogen-bond donors (Lipinski definition) is 2. The van der Waals surface area contributed by atoms with Gasteiger partial charge in [-0.05, 0) is 71.3 Å². The lowest BCUT2D eigenvalue weighted by Gasteiger charge is -2.38. The van der Waals surface area contributed by atoms with E-state index in [1.165, 1.54) is 116 Å². The molecule has 3 N–H and O–H groups in total. The molecule has 0 aliphatic heterocycles. The molecule has 0 amide bonds. The van der Waals surface area contributed by atoms with Crippen LogP contribution in [0.15, 0.2) is 24.3 Å². The summed E-state index contributed by atoms with van der Waals surface area (Å²) in [5.41, 5.74) is 4.87. The highest BCUT2D eigenvalue weighted by Crippen LogP contribution is 2.23. The van der Waals surface area contributed by atoms with Crippen LogP contribution in [0.3, 0.4) is 0 Å². The first-order valence-corrected chi connectivity index (χ1v) is 19.9. The van der Waals surface area contributed by atoms with Gasteiger partial charge in [-0.3, -0.25) is 14.5 Å². The molecule has 0 rings (SSSR count). The monoisotopic (exact) mass is 647 g/mol. The Bertz CT molecular complexity index is 696. The van der Waals surface area contributed by atoms with Crippen LogP contribution in [0.1, 0.15) is 194 Å². The van der Waals surface area contributed by atoms with Crippen molar-refractivity contribution in [1.29, 1.82) is 0 Å². The molecule has 0 unspecified atom stereocenters. The van der Waals surface area contributed by atoms with Gasteiger partial charge in [-0.2, -0.15) is 0 Å². The van der Waals surface area contributed by atoms with Crippen LogP contribution in [0.5, 0.6) is 0 Å². The highest BCUT2D eigenvalue weighted by atomic mass is 16.3. The van der Waals surface area contributed by atoms with E-state index in [2.05, 4.69) is 38.2 Å². The molecule has 0 aromatic carbocycles. The third-order valence-corrected chi connectivity index (χ3v) is 9.64. The number of aliphatic hydroxyl groups is 1. The number of nitrogens with two attached hydrogens (primary N) is 1. The summed E-state index contributed by atoms with van der Waals surface area (Å²) in [5.74, 6) is -0.136. The molecule has 0 aromatic heterocycles. The molecule has 5 heteroatoms. The molecule has 0 heterocycles. The van der Waals surface area contributed by atoms with E-state index in [1.54, 1.807) is 11.9 Å². The average molecular weight is 647 g/mol. The molecule has 0 saturated carbocycles. The van der Waals surface area contributed by atoms with Crippen LogP contribution >= 0.6 is 0 Å². The van der Waals surface area contributed by atoms with Crippen molar-refractivity contribution in [2.75, 3.05) is 26.7 Å². The van der Waals surface area contributed by atoms with Gasteiger partial charge in [-0.1, -0.05) is 141 Å². The summed E-state index contributed by atoms with van der Waals surface area (Å²) >= 11 is 0. The van der Waals surface area contributed by atoms with E-state index in [0.717, 1.165) is 51.4 Å². The molecular weight excluding hydrogens is 568 g/mol. The Morgan fingerprint density at radius 2 is 0.848 bits per heavy atom. The smallest absolute Gasteiger partial charge is 0.161 e. The Morgan fingerprint density at radius 3 is 1.15 bits per heavy atom. The molecule has 0 spiro atoms. The van der Waals surface area contributed by atoms with Crippen molar-refractivity contribution in [1.82, 2.24) is 4.90 Å². The molecular formula is C41H78N2O3. The zero-order valence-electron chi connectivity index (χ0n) is 31.0. The van der Waals surface area contributed by atoms with E-state index in [0.29, 0.717) is 12.8 Å². The number of hydrogen-bond acceptors (Lipinski definition) is 5. The van der Waals surface area contributed by atoms with E-state index >= 15 is 0 Å². The lowest BCUT2D eigenvalue weighted by Crippen LogP contribution is -2.63. The summed E-state index contributed by atoms with van der Waals surface area (Å²) in [7, 11) is 1.76. The predicted octanol–water partition coefficient (Wildman–Crippen LogP) is 10.8. The molecule has 0 aliphatic carbocycles. The van der Waals surface area contributed by atoms with Gasteiger partial charge in [0.15, 0.2) is 17.1 Å². The van der Waals surface area contributed by atoms with Crippen LogP contribution in [0, 0.1) is 0 Å². The Balaban J connectivity index is 4.26. The van der Waals surface area contributed by atoms with Crippen molar-refractivity contribution in [2.45, 2.75) is 199 Å². The standard InChI is InChI=1S/C41H78N2O3/c1-4-6-8-10-12-14-16-18-20-22-24-26-28-30-32-34-39(45)41(38-42,43(3)36-37-44)40(46)35-33-31-29-27-25-23-21-19-17-15-13-11-9-7-5-2/h18-21,44H,4-17,22-38,42H2,1-3H3/b20-18-,21-19-. The fourth-order valence-electron chi connectivity index (χ4n) is 6.43. The fraction of sp³-hybridized carbons (Fsp3) is 0.854. The predicted molar refractivity (Wildman–Crippen MR) is 200 cm³/mol. The van der Waals surface area contributed by atoms with E-state index in [-0.39, 0.29) is 31.3 Å². The Morgan fingerprint density at radius 1 is 0.543 bits per heavy atom. The van der Waals surface area contributed by atoms with Gasteiger partial charge in [0.1, 0.15) is 0 Å². The minimum absolute atomic E-state index is 0.0166. The summed E-state index contributed by atoms with van der Waals surface area (Å²) < 4.78 is 0. The lowest BCUT2D eigenvalue weighted by atomic mass is 9.82. The number of ketones is 2. The molecule has 0 radical (unpaired) electrons. The number of allylic oxidation sites excluding steroid dienone is 4. The number of likely N-dealkylation sites (N-methyl/N-ethyl adjacent to an activating group) is 1. The second-order valence-corrected chi connectivity index (χ2v) is 13.7. The van der Waals surface area contributed by atoms with Gasteiger partial charge in [-0.15, -0.1) is 0 Å². The summed E-state index contributed by atoms with van der Waals surface area (Å²) in [6.45, 7) is 4.68. The van der Waals surface area contributed by atoms with Crippen molar-refractivity contribution in [3.05, 3.63) is 24.3 Å². The quantitative estimate of drug-likeness (QED) is 0.0402. The Labute approximate surface area is 286 Å². The zero-order chi connectivity index (χ0) is 34.0.